The van der Waals surface area contributed by atoms with E-state index >= 15 is 0 Å². The zero-order valence-electron chi connectivity index (χ0n) is 8.86. The van der Waals surface area contributed by atoms with Gasteiger partial charge >= 0.3 is 0 Å². The molecule has 78 valence electrons. The molecule has 1 aromatic heterocycles. The maximum atomic E-state index is 5.94. The summed E-state index contributed by atoms with van der Waals surface area (Å²) in [7, 11) is 0. The molecule has 0 saturated heterocycles. The summed E-state index contributed by atoms with van der Waals surface area (Å²) in [6.07, 6.45) is 1.22. The Morgan fingerprint density at radius 2 is 2.14 bits per heavy atom. The number of halogens is 1. The Morgan fingerprint density at radius 1 is 1.57 bits per heavy atom. The fourth-order valence-electron chi connectivity index (χ4n) is 2.29. The molecule has 1 atom stereocenters. The van der Waals surface area contributed by atoms with E-state index in [1.165, 1.54) is 21.3 Å². The maximum Gasteiger partial charge on any atom is 0.0350 e. The second-order valence-corrected chi connectivity index (χ2v) is 6.58. The number of hydrogen-bond acceptors (Lipinski definition) is 2. The number of aryl methyl sites for hydroxylation is 1. The van der Waals surface area contributed by atoms with Crippen LogP contribution in [-0.4, -0.2) is 6.54 Å². The fraction of sp³-hybridized carbons (Fsp3) is 0.636. The van der Waals surface area contributed by atoms with Crippen molar-refractivity contribution < 1.29 is 0 Å². The van der Waals surface area contributed by atoms with E-state index in [9.17, 15) is 0 Å². The molecular weight excluding hydrogens is 258 g/mol. The van der Waals surface area contributed by atoms with Crippen molar-refractivity contribution in [3.63, 3.8) is 0 Å². The average molecular weight is 274 g/mol. The van der Waals surface area contributed by atoms with Gasteiger partial charge in [-0.2, -0.15) is 0 Å². The van der Waals surface area contributed by atoms with Crippen molar-refractivity contribution in [1.82, 2.24) is 0 Å². The Bertz CT molecular complexity index is 369. The third-order valence-corrected chi connectivity index (χ3v) is 6.18. The molecule has 0 amide bonds. The van der Waals surface area contributed by atoms with Gasteiger partial charge in [-0.25, -0.2) is 0 Å². The van der Waals surface area contributed by atoms with Crippen molar-refractivity contribution in [3.8, 4) is 0 Å². The zero-order chi connectivity index (χ0) is 10.6. The van der Waals surface area contributed by atoms with Gasteiger partial charge in [0, 0.05) is 21.3 Å². The summed E-state index contributed by atoms with van der Waals surface area (Å²) < 4.78 is 1.28. The van der Waals surface area contributed by atoms with E-state index < -0.39 is 0 Å². The van der Waals surface area contributed by atoms with Crippen LogP contribution in [-0.2, 0) is 5.41 Å². The van der Waals surface area contributed by atoms with Crippen LogP contribution in [0.25, 0.3) is 0 Å². The summed E-state index contributed by atoms with van der Waals surface area (Å²) in [5.74, 6) is 0. The topological polar surface area (TPSA) is 26.0 Å². The number of rotatable bonds is 2. The number of thiophene rings is 1. The van der Waals surface area contributed by atoms with Crippen LogP contribution in [0.15, 0.2) is 9.85 Å². The molecule has 1 nitrogen and oxygen atoms in total. The Labute approximate surface area is 97.8 Å². The second-order valence-electron chi connectivity index (χ2n) is 4.91. The predicted octanol–water partition coefficient (Wildman–Crippen LogP) is 3.45. The summed E-state index contributed by atoms with van der Waals surface area (Å²) >= 11 is 5.52. The molecule has 2 rings (SSSR count). The highest BCUT2D eigenvalue weighted by atomic mass is 79.9. The van der Waals surface area contributed by atoms with Gasteiger partial charge in [0.25, 0.3) is 0 Å². The highest BCUT2D eigenvalue weighted by Gasteiger charge is 2.62. The lowest BCUT2D eigenvalue weighted by atomic mass is 9.94. The van der Waals surface area contributed by atoms with Crippen molar-refractivity contribution in [2.75, 3.05) is 6.54 Å². The van der Waals surface area contributed by atoms with Crippen molar-refractivity contribution in [1.29, 1.82) is 0 Å². The van der Waals surface area contributed by atoms with E-state index in [2.05, 4.69) is 42.1 Å². The van der Waals surface area contributed by atoms with Gasteiger partial charge in [-0.05, 0) is 45.6 Å². The van der Waals surface area contributed by atoms with Gasteiger partial charge in [-0.3, -0.25) is 0 Å². The van der Waals surface area contributed by atoms with Gasteiger partial charge in [-0.15, -0.1) is 11.3 Å². The summed E-state index contributed by atoms with van der Waals surface area (Å²) in [4.78, 5) is 1.45. The third kappa shape index (κ3) is 1.22. The van der Waals surface area contributed by atoms with E-state index in [1.54, 1.807) is 0 Å². The van der Waals surface area contributed by atoms with Gasteiger partial charge in [0.1, 0.15) is 0 Å². The van der Waals surface area contributed by atoms with Crippen LogP contribution < -0.4 is 5.73 Å². The Kier molecular flexibility index (Phi) is 2.33. The summed E-state index contributed by atoms with van der Waals surface area (Å²) in [5, 5.41) is 2.21. The lowest BCUT2D eigenvalue weighted by Gasteiger charge is -2.17. The first-order chi connectivity index (χ1) is 6.44. The molecule has 1 aromatic rings. The molecule has 0 aliphatic heterocycles. The van der Waals surface area contributed by atoms with Crippen molar-refractivity contribution >= 4 is 27.3 Å². The molecule has 1 aliphatic rings. The molecule has 0 radical (unpaired) electrons. The molecule has 1 unspecified atom stereocenters. The van der Waals surface area contributed by atoms with Gasteiger partial charge in [0.05, 0.1) is 0 Å². The first kappa shape index (κ1) is 10.7. The minimum atomic E-state index is 0.241. The van der Waals surface area contributed by atoms with Crippen molar-refractivity contribution in [2.24, 2.45) is 11.1 Å². The highest BCUT2D eigenvalue weighted by Crippen LogP contribution is 2.66. The van der Waals surface area contributed by atoms with Gasteiger partial charge in [0.2, 0.25) is 0 Å². The average Bonchev–Trinajstić information content (AvgIpc) is 2.53. The van der Waals surface area contributed by atoms with Crippen LogP contribution >= 0.6 is 27.3 Å². The fourth-order valence-corrected chi connectivity index (χ4v) is 4.55. The molecule has 3 heteroatoms. The van der Waals surface area contributed by atoms with Gasteiger partial charge < -0.3 is 5.73 Å². The first-order valence-corrected chi connectivity index (χ1v) is 6.56. The summed E-state index contributed by atoms with van der Waals surface area (Å²) in [6.45, 7) is 7.52. The molecular formula is C11H16BrNS. The Morgan fingerprint density at radius 3 is 2.43 bits per heavy atom. The zero-order valence-corrected chi connectivity index (χ0v) is 11.3. The van der Waals surface area contributed by atoms with E-state index in [0.29, 0.717) is 5.41 Å². The van der Waals surface area contributed by atoms with Crippen molar-refractivity contribution in [2.45, 2.75) is 32.6 Å². The third-order valence-electron chi connectivity index (χ3n) is 3.60. The van der Waals surface area contributed by atoms with E-state index in [0.717, 1.165) is 6.54 Å². The first-order valence-electron chi connectivity index (χ1n) is 4.89. The Balaban J connectivity index is 2.45. The van der Waals surface area contributed by atoms with Gasteiger partial charge in [0.15, 0.2) is 0 Å². The molecule has 2 N–H and O–H groups in total. The maximum absolute atomic E-state index is 5.94. The van der Waals surface area contributed by atoms with Gasteiger partial charge in [-0.1, -0.05) is 13.8 Å². The Hall–Kier alpha value is 0.140. The molecule has 14 heavy (non-hydrogen) atoms. The standard InChI is InChI=1S/C11H16BrNS/c1-7-4-14-9(8(7)12)11(6-13)5-10(11,2)3/h4H,5-6,13H2,1-3H3. The number of nitrogens with two attached hydrogens (primary N) is 1. The van der Waals surface area contributed by atoms with E-state index in [1.807, 2.05) is 11.3 Å². The van der Waals surface area contributed by atoms with Crippen LogP contribution in [0.2, 0.25) is 0 Å². The number of hydrogen-bond donors (Lipinski definition) is 1. The smallest absolute Gasteiger partial charge is 0.0350 e. The summed E-state index contributed by atoms with van der Waals surface area (Å²) in [5.41, 5.74) is 7.89. The molecule has 1 heterocycles. The molecule has 0 bridgehead atoms. The second kappa shape index (κ2) is 3.06. The van der Waals surface area contributed by atoms with E-state index in [-0.39, 0.29) is 5.41 Å². The summed E-state index contributed by atoms with van der Waals surface area (Å²) in [6, 6.07) is 0. The van der Waals surface area contributed by atoms with Crippen LogP contribution in [0, 0.1) is 12.3 Å². The van der Waals surface area contributed by atoms with Crippen LogP contribution in [0.1, 0.15) is 30.7 Å². The predicted molar refractivity (Wildman–Crippen MR) is 65.9 cm³/mol. The SMILES string of the molecule is Cc1csc(C2(CN)CC2(C)C)c1Br. The molecule has 0 aromatic carbocycles. The highest BCUT2D eigenvalue weighted by molar-refractivity contribution is 9.10. The molecule has 0 spiro atoms. The minimum Gasteiger partial charge on any atom is -0.330 e. The molecule has 1 aliphatic carbocycles. The van der Waals surface area contributed by atoms with Crippen LogP contribution in [0.5, 0.6) is 0 Å². The lowest BCUT2D eigenvalue weighted by Crippen LogP contribution is -2.24. The lowest BCUT2D eigenvalue weighted by molar-refractivity contribution is 0.508. The monoisotopic (exact) mass is 273 g/mol. The van der Waals surface area contributed by atoms with Crippen molar-refractivity contribution in [3.05, 3.63) is 20.3 Å². The quantitative estimate of drug-likeness (QED) is 0.878. The molecule has 1 saturated carbocycles. The normalized spacial score (nSPS) is 29.2. The van der Waals surface area contributed by atoms with Crippen LogP contribution in [0.3, 0.4) is 0 Å². The minimum absolute atomic E-state index is 0.241. The molecule has 1 fully saturated rings. The van der Waals surface area contributed by atoms with Crippen LogP contribution in [0.4, 0.5) is 0 Å². The van der Waals surface area contributed by atoms with E-state index in [4.69, 9.17) is 5.73 Å². The largest absolute Gasteiger partial charge is 0.330 e.